The molecule has 1 spiro atoms. The molecule has 2 aliphatic heterocycles. The van der Waals surface area contributed by atoms with Gasteiger partial charge < -0.3 is 14.5 Å². The maximum Gasteiger partial charge on any atom is 0.253 e. The first-order chi connectivity index (χ1) is 13.1. The van der Waals surface area contributed by atoms with Crippen LogP contribution in [0.2, 0.25) is 5.02 Å². The lowest BCUT2D eigenvalue weighted by atomic mass is 9.90. The van der Waals surface area contributed by atoms with Crippen LogP contribution in [0.4, 0.5) is 5.69 Å². The second kappa shape index (κ2) is 7.33. The summed E-state index contributed by atoms with van der Waals surface area (Å²) in [5, 5.41) is 0.606. The van der Waals surface area contributed by atoms with Crippen LogP contribution in [0.1, 0.15) is 23.2 Å². The van der Waals surface area contributed by atoms with E-state index < -0.39 is 5.60 Å². The molecular formula is C21H21ClN2O3. The second-order valence-electron chi connectivity index (χ2n) is 7.12. The Morgan fingerprint density at radius 3 is 2.52 bits per heavy atom. The van der Waals surface area contributed by atoms with E-state index in [0.29, 0.717) is 30.2 Å². The van der Waals surface area contributed by atoms with Gasteiger partial charge in [0.2, 0.25) is 0 Å². The summed E-state index contributed by atoms with van der Waals surface area (Å²) < 4.78 is 6.00. The maximum atomic E-state index is 12.9. The number of hydrogen-bond acceptors (Lipinski definition) is 3. The molecule has 0 aliphatic carbocycles. The first kappa shape index (κ1) is 18.0. The number of nitrogens with zero attached hydrogens (tertiary/aromatic N) is 2. The van der Waals surface area contributed by atoms with Crippen LogP contribution in [0.25, 0.3) is 0 Å². The van der Waals surface area contributed by atoms with Gasteiger partial charge in [-0.25, -0.2) is 0 Å². The van der Waals surface area contributed by atoms with E-state index in [2.05, 4.69) is 0 Å². The topological polar surface area (TPSA) is 49.9 Å². The molecule has 1 atom stereocenters. The molecule has 2 aromatic carbocycles. The van der Waals surface area contributed by atoms with Crippen molar-refractivity contribution in [2.24, 2.45) is 0 Å². The van der Waals surface area contributed by atoms with Crippen molar-refractivity contribution in [2.45, 2.75) is 18.4 Å². The molecule has 0 saturated carbocycles. The Hall–Kier alpha value is -2.37. The number of hydrogen-bond donors (Lipinski definition) is 0. The van der Waals surface area contributed by atoms with Gasteiger partial charge in [0, 0.05) is 22.8 Å². The van der Waals surface area contributed by atoms with E-state index in [1.165, 1.54) is 0 Å². The van der Waals surface area contributed by atoms with E-state index in [-0.39, 0.29) is 18.4 Å². The van der Waals surface area contributed by atoms with E-state index in [1.807, 2.05) is 35.2 Å². The number of rotatable bonds is 2. The fourth-order valence-corrected chi connectivity index (χ4v) is 3.98. The molecule has 2 saturated heterocycles. The lowest BCUT2D eigenvalue weighted by molar-refractivity contribution is -0.144. The Morgan fingerprint density at radius 2 is 1.78 bits per heavy atom. The Bertz CT molecular complexity index is 840. The Morgan fingerprint density at radius 1 is 1.04 bits per heavy atom. The average molecular weight is 385 g/mol. The quantitative estimate of drug-likeness (QED) is 0.797. The highest BCUT2D eigenvalue weighted by Gasteiger charge is 2.44. The van der Waals surface area contributed by atoms with Crippen LogP contribution in [0, 0.1) is 0 Å². The number of amides is 2. The minimum absolute atomic E-state index is 0.0301. The molecule has 140 valence electrons. The lowest BCUT2D eigenvalue weighted by Crippen LogP contribution is -2.62. The molecule has 2 aromatic rings. The van der Waals surface area contributed by atoms with Crippen molar-refractivity contribution in [1.29, 1.82) is 0 Å². The van der Waals surface area contributed by atoms with Crippen molar-refractivity contribution in [2.75, 3.05) is 31.1 Å². The summed E-state index contributed by atoms with van der Waals surface area (Å²) in [5.41, 5.74) is 0.957. The van der Waals surface area contributed by atoms with Crippen LogP contribution in [0.5, 0.6) is 0 Å². The highest BCUT2D eigenvalue weighted by molar-refractivity contribution is 6.30. The molecule has 2 aliphatic rings. The zero-order chi connectivity index (χ0) is 18.9. The molecular weight excluding hydrogens is 364 g/mol. The molecule has 0 radical (unpaired) electrons. The predicted octanol–water partition coefficient (Wildman–Crippen LogP) is 3.38. The third-order valence-corrected chi connectivity index (χ3v) is 5.49. The highest BCUT2D eigenvalue weighted by Crippen LogP contribution is 2.32. The number of para-hydroxylation sites is 1. The van der Waals surface area contributed by atoms with Gasteiger partial charge in [0.05, 0.1) is 13.1 Å². The summed E-state index contributed by atoms with van der Waals surface area (Å²) >= 11 is 5.92. The number of carbonyl (C=O) groups excluding carboxylic acids is 2. The van der Waals surface area contributed by atoms with E-state index >= 15 is 0 Å². The van der Waals surface area contributed by atoms with Crippen LogP contribution in [0.15, 0.2) is 54.6 Å². The molecule has 0 aromatic heterocycles. The van der Waals surface area contributed by atoms with Gasteiger partial charge >= 0.3 is 0 Å². The minimum Gasteiger partial charge on any atom is -0.361 e. The Labute approximate surface area is 163 Å². The monoisotopic (exact) mass is 384 g/mol. The molecule has 0 N–H and O–H groups in total. The molecule has 6 heteroatoms. The van der Waals surface area contributed by atoms with Crippen LogP contribution in [-0.2, 0) is 9.53 Å². The van der Waals surface area contributed by atoms with Gasteiger partial charge in [-0.3, -0.25) is 9.59 Å². The van der Waals surface area contributed by atoms with Crippen molar-refractivity contribution in [3.05, 3.63) is 65.2 Å². The van der Waals surface area contributed by atoms with Crippen LogP contribution >= 0.6 is 11.6 Å². The zero-order valence-electron chi connectivity index (χ0n) is 14.9. The van der Waals surface area contributed by atoms with E-state index in [0.717, 1.165) is 18.5 Å². The minimum atomic E-state index is -0.524. The maximum absolute atomic E-state index is 12.9. The van der Waals surface area contributed by atoms with E-state index in [1.54, 1.807) is 29.2 Å². The number of halogens is 1. The van der Waals surface area contributed by atoms with Crippen molar-refractivity contribution in [3.8, 4) is 0 Å². The summed E-state index contributed by atoms with van der Waals surface area (Å²) in [4.78, 5) is 28.9. The number of anilines is 1. The van der Waals surface area contributed by atoms with Gasteiger partial charge in [-0.2, -0.15) is 0 Å². The highest BCUT2D eigenvalue weighted by atomic mass is 35.5. The first-order valence-corrected chi connectivity index (χ1v) is 9.48. The molecule has 5 nitrogen and oxygen atoms in total. The predicted molar refractivity (Wildman–Crippen MR) is 104 cm³/mol. The SMILES string of the molecule is O=C(c1ccc(Cl)cc1)N1CCCC2(C1)CN(c1ccccc1)C(=O)CO2. The molecule has 2 amide bonds. The third kappa shape index (κ3) is 3.70. The standard InChI is InChI=1S/C21H21ClN2O3/c22-17-9-7-16(8-10-17)20(26)23-12-4-11-21(14-23)15-24(19(25)13-27-21)18-5-2-1-3-6-18/h1-3,5-10H,4,11-15H2. The van der Waals surface area contributed by atoms with Gasteiger partial charge in [0.15, 0.2) is 0 Å². The molecule has 0 bridgehead atoms. The Balaban J connectivity index is 1.53. The largest absolute Gasteiger partial charge is 0.361 e. The molecule has 27 heavy (non-hydrogen) atoms. The van der Waals surface area contributed by atoms with E-state index in [4.69, 9.17) is 16.3 Å². The molecule has 2 fully saturated rings. The summed E-state index contributed by atoms with van der Waals surface area (Å²) in [6.45, 7) is 1.66. The summed E-state index contributed by atoms with van der Waals surface area (Å²) in [7, 11) is 0. The number of morpholine rings is 1. The number of likely N-dealkylation sites (tertiary alicyclic amines) is 1. The smallest absolute Gasteiger partial charge is 0.253 e. The van der Waals surface area contributed by atoms with Crippen molar-refractivity contribution in [1.82, 2.24) is 4.90 Å². The van der Waals surface area contributed by atoms with Gasteiger partial charge in [-0.15, -0.1) is 0 Å². The Kier molecular flexibility index (Phi) is 4.89. The molecule has 2 heterocycles. The van der Waals surface area contributed by atoms with Crippen LogP contribution < -0.4 is 4.90 Å². The fourth-order valence-electron chi connectivity index (χ4n) is 3.85. The van der Waals surface area contributed by atoms with Gasteiger partial charge in [-0.1, -0.05) is 29.8 Å². The van der Waals surface area contributed by atoms with E-state index in [9.17, 15) is 9.59 Å². The van der Waals surface area contributed by atoms with Crippen molar-refractivity contribution in [3.63, 3.8) is 0 Å². The van der Waals surface area contributed by atoms with Gasteiger partial charge in [-0.05, 0) is 49.2 Å². The normalized spacial score (nSPS) is 22.9. The average Bonchev–Trinajstić information content (AvgIpc) is 2.71. The summed E-state index contributed by atoms with van der Waals surface area (Å²) in [5.74, 6) is -0.0783. The number of piperidine rings is 1. The number of carbonyl (C=O) groups is 2. The number of ether oxygens (including phenoxy) is 1. The summed E-state index contributed by atoms with van der Waals surface area (Å²) in [6, 6.07) is 16.6. The van der Waals surface area contributed by atoms with Gasteiger partial charge in [0.1, 0.15) is 12.2 Å². The van der Waals surface area contributed by atoms with Crippen LogP contribution in [-0.4, -0.2) is 48.6 Å². The lowest BCUT2D eigenvalue weighted by Gasteiger charge is -2.47. The zero-order valence-corrected chi connectivity index (χ0v) is 15.7. The second-order valence-corrected chi connectivity index (χ2v) is 7.56. The first-order valence-electron chi connectivity index (χ1n) is 9.11. The molecule has 1 unspecified atom stereocenters. The third-order valence-electron chi connectivity index (χ3n) is 5.23. The molecule has 4 rings (SSSR count). The van der Waals surface area contributed by atoms with Crippen molar-refractivity contribution >= 4 is 29.1 Å². The van der Waals surface area contributed by atoms with Crippen LogP contribution in [0.3, 0.4) is 0 Å². The number of benzene rings is 2. The van der Waals surface area contributed by atoms with Crippen molar-refractivity contribution < 1.29 is 14.3 Å². The fraction of sp³-hybridized carbons (Fsp3) is 0.333. The summed E-state index contributed by atoms with van der Waals surface area (Å²) in [6.07, 6.45) is 1.67. The van der Waals surface area contributed by atoms with Gasteiger partial charge in [0.25, 0.3) is 11.8 Å².